The predicted molar refractivity (Wildman–Crippen MR) is 146 cm³/mol. The van der Waals surface area contributed by atoms with Crippen LogP contribution in [0.3, 0.4) is 0 Å². The number of amides is 1. The molecule has 0 bridgehead atoms. The van der Waals surface area contributed by atoms with Crippen LogP contribution in [-0.4, -0.2) is 28.4 Å². The lowest BCUT2D eigenvalue weighted by Gasteiger charge is -2.23. The van der Waals surface area contributed by atoms with Gasteiger partial charge in [0.25, 0.3) is 5.78 Å². The summed E-state index contributed by atoms with van der Waals surface area (Å²) in [5.41, 5.74) is 3.02. The Morgan fingerprint density at radius 1 is 1.09 bits per heavy atom. The Bertz CT molecular complexity index is 1480. The number of aryl methyl sites for hydroxylation is 1. The van der Waals surface area contributed by atoms with Crippen molar-refractivity contribution in [2.24, 2.45) is 0 Å². The number of anilines is 1. The van der Waals surface area contributed by atoms with Crippen LogP contribution in [-0.2, 0) is 9.59 Å². The summed E-state index contributed by atoms with van der Waals surface area (Å²) in [4.78, 5) is 32.8. The van der Waals surface area contributed by atoms with Gasteiger partial charge in [0.05, 0.1) is 28.4 Å². The van der Waals surface area contributed by atoms with E-state index in [1.807, 2.05) is 56.3 Å². The van der Waals surface area contributed by atoms with Crippen LogP contribution in [0.4, 0.5) is 5.13 Å². The van der Waals surface area contributed by atoms with Gasteiger partial charge in [-0.2, -0.15) is 0 Å². The molecule has 1 saturated heterocycles. The van der Waals surface area contributed by atoms with E-state index in [0.717, 1.165) is 19.4 Å². The summed E-state index contributed by atoms with van der Waals surface area (Å²) in [6.45, 7) is 4.40. The highest BCUT2D eigenvalue weighted by Gasteiger charge is 2.48. The highest BCUT2D eigenvalue weighted by atomic mass is 127. The number of aromatic nitrogens is 1. The van der Waals surface area contributed by atoms with Gasteiger partial charge in [-0.15, -0.1) is 0 Å². The second kappa shape index (κ2) is 9.43. The Morgan fingerprint density at radius 2 is 1.80 bits per heavy atom. The van der Waals surface area contributed by atoms with Crippen molar-refractivity contribution in [2.45, 2.75) is 19.9 Å². The number of ether oxygens (including phenoxy) is 1. The first-order chi connectivity index (χ1) is 16.9. The second-order valence-corrected chi connectivity index (χ2v) is 10.4. The first kappa shape index (κ1) is 23.5. The molecule has 1 N–H and O–H groups in total. The van der Waals surface area contributed by atoms with Gasteiger partial charge in [-0.3, -0.25) is 14.5 Å². The van der Waals surface area contributed by atoms with E-state index >= 15 is 0 Å². The first-order valence-corrected chi connectivity index (χ1v) is 12.9. The summed E-state index contributed by atoms with van der Waals surface area (Å²) in [6, 6.07) is 19.4. The zero-order valence-corrected chi connectivity index (χ0v) is 22.0. The van der Waals surface area contributed by atoms with Gasteiger partial charge in [0, 0.05) is 9.13 Å². The molecule has 1 amide bonds. The topological polar surface area (TPSA) is 79.7 Å². The number of aliphatic hydroxyl groups is 1. The normalized spacial score (nSPS) is 17.3. The standard InChI is InChI=1S/C27H21IN2O4S/c1-3-34-19-11-7-17(8-12-19)24(31)22-23(16-5-9-18(28)10-6-16)30(26(33)25(22)32)27-29-20-13-4-15(2)14-21(20)35-27/h4-14,23,31H,3H2,1-2H3. The summed E-state index contributed by atoms with van der Waals surface area (Å²) in [5.74, 6) is -1.02. The number of hydrogen-bond acceptors (Lipinski definition) is 6. The number of aliphatic hydroxyl groups excluding tert-OH is 1. The van der Waals surface area contributed by atoms with Gasteiger partial charge in [-0.25, -0.2) is 4.98 Å². The Kier molecular flexibility index (Phi) is 6.33. The highest BCUT2D eigenvalue weighted by molar-refractivity contribution is 14.1. The van der Waals surface area contributed by atoms with E-state index in [4.69, 9.17) is 4.74 Å². The molecule has 1 unspecified atom stereocenters. The highest BCUT2D eigenvalue weighted by Crippen LogP contribution is 2.44. The number of benzene rings is 3. The van der Waals surface area contributed by atoms with E-state index in [-0.39, 0.29) is 11.3 Å². The predicted octanol–water partition coefficient (Wildman–Crippen LogP) is 6.23. The maximum absolute atomic E-state index is 13.4. The lowest BCUT2D eigenvalue weighted by molar-refractivity contribution is -0.132. The van der Waals surface area contributed by atoms with Gasteiger partial charge in [0.2, 0.25) is 0 Å². The zero-order chi connectivity index (χ0) is 24.7. The van der Waals surface area contributed by atoms with Gasteiger partial charge < -0.3 is 9.84 Å². The maximum atomic E-state index is 13.4. The third kappa shape index (κ3) is 4.32. The van der Waals surface area contributed by atoms with Crippen molar-refractivity contribution in [3.05, 3.63) is 92.6 Å². The SMILES string of the molecule is CCOc1ccc(C(O)=C2C(=O)C(=O)N(c3nc4ccc(C)cc4s3)C2c2ccc(I)cc2)cc1. The molecule has 1 aliphatic heterocycles. The number of halogens is 1. The summed E-state index contributed by atoms with van der Waals surface area (Å²) < 4.78 is 7.43. The second-order valence-electron chi connectivity index (χ2n) is 8.15. The lowest BCUT2D eigenvalue weighted by atomic mass is 9.95. The molecular formula is C27H21IN2O4S. The number of rotatable bonds is 5. The van der Waals surface area contributed by atoms with Crippen LogP contribution >= 0.6 is 33.9 Å². The van der Waals surface area contributed by atoms with Crippen molar-refractivity contribution in [3.63, 3.8) is 0 Å². The molecule has 35 heavy (non-hydrogen) atoms. The molecule has 5 rings (SSSR count). The molecular weight excluding hydrogens is 575 g/mol. The number of carbonyl (C=O) groups excluding carboxylic acids is 2. The van der Waals surface area contributed by atoms with Crippen molar-refractivity contribution in [1.82, 2.24) is 4.98 Å². The maximum Gasteiger partial charge on any atom is 0.301 e. The zero-order valence-electron chi connectivity index (χ0n) is 19.0. The number of Topliss-reactive ketones (excluding diaryl/α,β-unsaturated/α-hetero) is 1. The van der Waals surface area contributed by atoms with E-state index in [2.05, 4.69) is 27.6 Å². The summed E-state index contributed by atoms with van der Waals surface area (Å²) in [7, 11) is 0. The quantitative estimate of drug-likeness (QED) is 0.128. The van der Waals surface area contributed by atoms with Crippen LogP contribution in [0.1, 0.15) is 29.7 Å². The van der Waals surface area contributed by atoms with Gasteiger partial charge in [0.1, 0.15) is 11.5 Å². The van der Waals surface area contributed by atoms with E-state index in [1.54, 1.807) is 24.3 Å². The molecule has 3 aromatic carbocycles. The largest absolute Gasteiger partial charge is 0.507 e. The Balaban J connectivity index is 1.68. The van der Waals surface area contributed by atoms with Crippen LogP contribution < -0.4 is 9.64 Å². The molecule has 176 valence electrons. The molecule has 8 heteroatoms. The van der Waals surface area contributed by atoms with Gasteiger partial charge in [-0.1, -0.05) is 29.5 Å². The van der Waals surface area contributed by atoms with Crippen LogP contribution in [0, 0.1) is 10.5 Å². The number of nitrogens with zero attached hydrogens (tertiary/aromatic N) is 2. The molecule has 0 radical (unpaired) electrons. The Labute approximate surface area is 220 Å². The van der Waals surface area contributed by atoms with E-state index in [0.29, 0.717) is 28.6 Å². The molecule has 1 atom stereocenters. The molecule has 1 aromatic heterocycles. The molecule has 1 aliphatic rings. The van der Waals surface area contributed by atoms with Crippen LogP contribution in [0.15, 0.2) is 72.3 Å². The van der Waals surface area contributed by atoms with Crippen molar-refractivity contribution in [2.75, 3.05) is 11.5 Å². The molecule has 0 aliphatic carbocycles. The fourth-order valence-corrected chi connectivity index (χ4v) is 5.59. The number of fused-ring (bicyclic) bond motifs is 1. The molecule has 1 fully saturated rings. The molecule has 0 spiro atoms. The number of ketones is 1. The fourth-order valence-electron chi connectivity index (χ4n) is 4.14. The Morgan fingerprint density at radius 3 is 2.49 bits per heavy atom. The molecule has 0 saturated carbocycles. The molecule has 6 nitrogen and oxygen atoms in total. The minimum atomic E-state index is -0.805. The lowest BCUT2D eigenvalue weighted by Crippen LogP contribution is -2.29. The Hall–Kier alpha value is -3.24. The van der Waals surface area contributed by atoms with E-state index in [1.165, 1.54) is 16.2 Å². The third-order valence-electron chi connectivity index (χ3n) is 5.81. The van der Waals surface area contributed by atoms with Crippen molar-refractivity contribution >= 4 is 66.7 Å². The average molecular weight is 596 g/mol. The van der Waals surface area contributed by atoms with E-state index in [9.17, 15) is 14.7 Å². The summed E-state index contributed by atoms with van der Waals surface area (Å²) in [6.07, 6.45) is 0. The number of hydrogen-bond donors (Lipinski definition) is 1. The van der Waals surface area contributed by atoms with Gasteiger partial charge in [-0.05, 0) is 96.1 Å². The first-order valence-electron chi connectivity index (χ1n) is 11.0. The minimum Gasteiger partial charge on any atom is -0.507 e. The monoisotopic (exact) mass is 596 g/mol. The van der Waals surface area contributed by atoms with Crippen LogP contribution in [0.5, 0.6) is 5.75 Å². The van der Waals surface area contributed by atoms with Crippen molar-refractivity contribution < 1.29 is 19.4 Å². The fraction of sp³-hybridized carbons (Fsp3) is 0.148. The van der Waals surface area contributed by atoms with Gasteiger partial charge >= 0.3 is 5.91 Å². The van der Waals surface area contributed by atoms with Crippen LogP contribution in [0.25, 0.3) is 16.0 Å². The minimum absolute atomic E-state index is 0.0378. The van der Waals surface area contributed by atoms with Gasteiger partial charge in [0.15, 0.2) is 5.13 Å². The third-order valence-corrected chi connectivity index (χ3v) is 7.54. The smallest absolute Gasteiger partial charge is 0.301 e. The van der Waals surface area contributed by atoms with Crippen LogP contribution in [0.2, 0.25) is 0 Å². The number of thiazole rings is 1. The van der Waals surface area contributed by atoms with Crippen molar-refractivity contribution in [1.29, 1.82) is 0 Å². The molecule has 4 aromatic rings. The number of carbonyl (C=O) groups is 2. The summed E-state index contributed by atoms with van der Waals surface area (Å²) in [5, 5.41) is 11.7. The van der Waals surface area contributed by atoms with E-state index < -0.39 is 17.7 Å². The average Bonchev–Trinajstić information content (AvgIpc) is 3.37. The van der Waals surface area contributed by atoms with Crippen molar-refractivity contribution in [3.8, 4) is 5.75 Å². The summed E-state index contributed by atoms with van der Waals surface area (Å²) >= 11 is 3.56. The molecule has 2 heterocycles.